The smallest absolute Gasteiger partial charge is 0.243 e. The Morgan fingerprint density at radius 2 is 1.83 bits per heavy atom. The topological polar surface area (TPSA) is 84.3 Å². The fourth-order valence-electron chi connectivity index (χ4n) is 4.09. The highest BCUT2D eigenvalue weighted by atomic mass is 32.2. The molecule has 0 aliphatic carbocycles. The molecule has 0 radical (unpaired) electrons. The number of hydrogen-bond acceptors (Lipinski definition) is 4. The fraction of sp³-hybridized carbons (Fsp3) is 0.524. The van der Waals surface area contributed by atoms with Gasteiger partial charge in [-0.05, 0) is 57.2 Å². The molecule has 1 fully saturated rings. The SMILES string of the molecule is Cc1cc(C)c(S(=O)(=O)N2CCC(C(=O)NCCCn3cccn3)CC2)c(C)c1. The van der Waals surface area contributed by atoms with Crippen molar-refractivity contribution in [1.82, 2.24) is 19.4 Å². The maximum atomic E-state index is 13.2. The van der Waals surface area contributed by atoms with Gasteiger partial charge in [-0.2, -0.15) is 9.40 Å². The van der Waals surface area contributed by atoms with Gasteiger partial charge in [0, 0.05) is 44.5 Å². The third-order valence-electron chi connectivity index (χ3n) is 5.45. The van der Waals surface area contributed by atoms with Crippen molar-refractivity contribution in [3.05, 3.63) is 47.3 Å². The number of amides is 1. The predicted molar refractivity (Wildman–Crippen MR) is 112 cm³/mol. The number of nitrogens with zero attached hydrogens (tertiary/aromatic N) is 3. The van der Waals surface area contributed by atoms with Crippen molar-refractivity contribution < 1.29 is 13.2 Å². The number of aromatic nitrogens is 2. The van der Waals surface area contributed by atoms with Gasteiger partial charge in [0.2, 0.25) is 15.9 Å². The molecule has 29 heavy (non-hydrogen) atoms. The van der Waals surface area contributed by atoms with E-state index in [4.69, 9.17) is 0 Å². The normalized spacial score (nSPS) is 16.1. The number of hydrogen-bond donors (Lipinski definition) is 1. The Kier molecular flexibility index (Phi) is 6.74. The van der Waals surface area contributed by atoms with E-state index in [0.29, 0.717) is 37.4 Å². The average molecular weight is 419 g/mol. The second-order valence-corrected chi connectivity index (χ2v) is 9.69. The van der Waals surface area contributed by atoms with Crippen LogP contribution in [0.25, 0.3) is 0 Å². The molecule has 1 amide bonds. The van der Waals surface area contributed by atoms with Crippen LogP contribution >= 0.6 is 0 Å². The van der Waals surface area contributed by atoms with Gasteiger partial charge in [0.25, 0.3) is 0 Å². The van der Waals surface area contributed by atoms with Crippen LogP contribution in [0.5, 0.6) is 0 Å². The lowest BCUT2D eigenvalue weighted by molar-refractivity contribution is -0.126. The highest BCUT2D eigenvalue weighted by Crippen LogP contribution is 2.28. The van der Waals surface area contributed by atoms with Crippen molar-refractivity contribution in [2.75, 3.05) is 19.6 Å². The molecular weight excluding hydrogens is 388 g/mol. The molecule has 0 atom stereocenters. The van der Waals surface area contributed by atoms with E-state index in [2.05, 4.69) is 10.4 Å². The van der Waals surface area contributed by atoms with Crippen LogP contribution in [-0.4, -0.2) is 48.0 Å². The fourth-order valence-corrected chi connectivity index (χ4v) is 5.97. The van der Waals surface area contributed by atoms with E-state index in [0.717, 1.165) is 29.7 Å². The first kappa shape index (κ1) is 21.5. The first-order valence-electron chi connectivity index (χ1n) is 10.1. The standard InChI is InChI=1S/C21H30N4O3S/c1-16-14-17(2)20(18(3)15-16)29(27,28)25-12-6-19(7-13-25)21(26)22-8-4-10-24-11-5-9-23-24/h5,9,11,14-15,19H,4,6-8,10,12-13H2,1-3H3,(H,22,26). The Hall–Kier alpha value is -2.19. The third kappa shape index (κ3) is 5.05. The van der Waals surface area contributed by atoms with Gasteiger partial charge in [-0.15, -0.1) is 0 Å². The summed E-state index contributed by atoms with van der Waals surface area (Å²) in [5.74, 6) is -0.114. The Morgan fingerprint density at radius 3 is 2.41 bits per heavy atom. The number of aryl methyl sites for hydroxylation is 4. The van der Waals surface area contributed by atoms with Crippen molar-refractivity contribution in [2.24, 2.45) is 5.92 Å². The monoisotopic (exact) mass is 418 g/mol. The van der Waals surface area contributed by atoms with Crippen molar-refractivity contribution in [3.63, 3.8) is 0 Å². The molecule has 2 aromatic rings. The minimum Gasteiger partial charge on any atom is -0.356 e. The summed E-state index contributed by atoms with van der Waals surface area (Å²) in [6.45, 7) is 7.77. The molecule has 0 unspecified atom stereocenters. The lowest BCUT2D eigenvalue weighted by Gasteiger charge is -2.31. The number of carbonyl (C=O) groups is 1. The Bertz CT molecular complexity index is 923. The summed E-state index contributed by atoms with van der Waals surface area (Å²) in [7, 11) is -3.54. The summed E-state index contributed by atoms with van der Waals surface area (Å²) in [6.07, 6.45) is 5.55. The zero-order chi connectivity index (χ0) is 21.0. The second kappa shape index (κ2) is 9.09. The van der Waals surface area contributed by atoms with Crippen LogP contribution in [0, 0.1) is 26.7 Å². The quantitative estimate of drug-likeness (QED) is 0.700. The molecule has 158 valence electrons. The van der Waals surface area contributed by atoms with Crippen LogP contribution in [0.4, 0.5) is 0 Å². The van der Waals surface area contributed by atoms with Gasteiger partial charge < -0.3 is 5.32 Å². The molecule has 2 heterocycles. The molecular formula is C21H30N4O3S. The Balaban J connectivity index is 1.52. The number of carbonyl (C=O) groups excluding carboxylic acids is 1. The van der Waals surface area contributed by atoms with Gasteiger partial charge in [0.1, 0.15) is 0 Å². The molecule has 1 aromatic heterocycles. The van der Waals surface area contributed by atoms with Gasteiger partial charge in [-0.25, -0.2) is 8.42 Å². The number of sulfonamides is 1. The predicted octanol–water partition coefficient (Wildman–Crippen LogP) is 2.42. The molecule has 0 saturated carbocycles. The first-order valence-corrected chi connectivity index (χ1v) is 11.6. The lowest BCUT2D eigenvalue weighted by atomic mass is 9.97. The molecule has 0 bridgehead atoms. The van der Waals surface area contributed by atoms with Gasteiger partial charge in [-0.3, -0.25) is 9.48 Å². The second-order valence-electron chi connectivity index (χ2n) is 7.82. The summed E-state index contributed by atoms with van der Waals surface area (Å²) in [6, 6.07) is 5.69. The number of nitrogens with one attached hydrogen (secondary N) is 1. The van der Waals surface area contributed by atoms with Crippen LogP contribution in [0.1, 0.15) is 36.0 Å². The van der Waals surface area contributed by atoms with E-state index >= 15 is 0 Å². The molecule has 1 aliphatic heterocycles. The van der Waals surface area contributed by atoms with Gasteiger partial charge in [-0.1, -0.05) is 17.7 Å². The van der Waals surface area contributed by atoms with E-state index in [-0.39, 0.29) is 11.8 Å². The highest BCUT2D eigenvalue weighted by Gasteiger charge is 2.33. The average Bonchev–Trinajstić information content (AvgIpc) is 3.17. The molecule has 7 nitrogen and oxygen atoms in total. The zero-order valence-electron chi connectivity index (χ0n) is 17.4. The van der Waals surface area contributed by atoms with E-state index in [1.54, 1.807) is 6.20 Å². The molecule has 1 aliphatic rings. The maximum absolute atomic E-state index is 13.2. The van der Waals surface area contributed by atoms with Gasteiger partial charge in [0.05, 0.1) is 4.90 Å². The summed E-state index contributed by atoms with van der Waals surface area (Å²) in [4.78, 5) is 12.8. The third-order valence-corrected chi connectivity index (χ3v) is 7.65. The molecule has 1 saturated heterocycles. The summed E-state index contributed by atoms with van der Waals surface area (Å²) >= 11 is 0. The molecule has 1 N–H and O–H groups in total. The lowest BCUT2D eigenvalue weighted by Crippen LogP contribution is -2.43. The summed E-state index contributed by atoms with van der Waals surface area (Å²) in [5, 5.41) is 7.11. The molecule has 3 rings (SSSR count). The number of rotatable bonds is 7. The van der Waals surface area contributed by atoms with Crippen LogP contribution in [0.15, 0.2) is 35.5 Å². The van der Waals surface area contributed by atoms with Crippen LogP contribution in [-0.2, 0) is 21.4 Å². The van der Waals surface area contributed by atoms with Crippen LogP contribution in [0.2, 0.25) is 0 Å². The molecule has 1 aromatic carbocycles. The number of piperidine rings is 1. The maximum Gasteiger partial charge on any atom is 0.243 e. The molecule has 8 heteroatoms. The van der Waals surface area contributed by atoms with Crippen molar-refractivity contribution in [1.29, 1.82) is 0 Å². The van der Waals surface area contributed by atoms with Crippen molar-refractivity contribution in [2.45, 2.75) is 51.5 Å². The van der Waals surface area contributed by atoms with E-state index in [9.17, 15) is 13.2 Å². The zero-order valence-corrected chi connectivity index (χ0v) is 18.2. The molecule has 0 spiro atoms. The Labute approximate surface area is 173 Å². The minimum atomic E-state index is -3.54. The van der Waals surface area contributed by atoms with Crippen molar-refractivity contribution in [3.8, 4) is 0 Å². The first-order chi connectivity index (χ1) is 13.8. The van der Waals surface area contributed by atoms with Crippen molar-refractivity contribution >= 4 is 15.9 Å². The van der Waals surface area contributed by atoms with E-state index < -0.39 is 10.0 Å². The van der Waals surface area contributed by atoms with E-state index in [1.165, 1.54) is 4.31 Å². The van der Waals surface area contributed by atoms with Crippen LogP contribution < -0.4 is 5.32 Å². The van der Waals surface area contributed by atoms with Crippen LogP contribution in [0.3, 0.4) is 0 Å². The largest absolute Gasteiger partial charge is 0.356 e. The summed E-state index contributed by atoms with van der Waals surface area (Å²) in [5.41, 5.74) is 2.61. The summed E-state index contributed by atoms with van der Waals surface area (Å²) < 4.78 is 29.7. The minimum absolute atomic E-state index is 0.0187. The van der Waals surface area contributed by atoms with Gasteiger partial charge in [0.15, 0.2) is 0 Å². The van der Waals surface area contributed by atoms with E-state index in [1.807, 2.05) is 49.8 Å². The number of benzene rings is 1. The Morgan fingerprint density at radius 1 is 1.17 bits per heavy atom. The van der Waals surface area contributed by atoms with Gasteiger partial charge >= 0.3 is 0 Å². The highest BCUT2D eigenvalue weighted by molar-refractivity contribution is 7.89.